The van der Waals surface area contributed by atoms with Gasteiger partial charge in [0.1, 0.15) is 12.4 Å². The van der Waals surface area contributed by atoms with Crippen LogP contribution in [0.2, 0.25) is 0 Å². The highest BCUT2D eigenvalue weighted by Crippen LogP contribution is 2.32. The van der Waals surface area contributed by atoms with Gasteiger partial charge in [-0.2, -0.15) is 0 Å². The SMILES string of the molecule is COc1ccc2c(c1)C(C)N(C(=O)OCc1ccccc1)CC2. The van der Waals surface area contributed by atoms with E-state index in [0.717, 1.165) is 23.3 Å². The van der Waals surface area contributed by atoms with Crippen molar-refractivity contribution in [1.82, 2.24) is 4.90 Å². The molecule has 0 aliphatic carbocycles. The topological polar surface area (TPSA) is 38.8 Å². The number of nitrogens with zero attached hydrogens (tertiary/aromatic N) is 1. The molecule has 1 heterocycles. The summed E-state index contributed by atoms with van der Waals surface area (Å²) in [4.78, 5) is 14.2. The average molecular weight is 311 g/mol. The molecule has 23 heavy (non-hydrogen) atoms. The Kier molecular flexibility index (Phi) is 4.51. The van der Waals surface area contributed by atoms with E-state index in [-0.39, 0.29) is 12.1 Å². The summed E-state index contributed by atoms with van der Waals surface area (Å²) in [5.74, 6) is 0.815. The summed E-state index contributed by atoms with van der Waals surface area (Å²) in [7, 11) is 1.65. The third-order valence-electron chi connectivity index (χ3n) is 4.33. The predicted octanol–water partition coefficient (Wildman–Crippen LogP) is 3.95. The van der Waals surface area contributed by atoms with Crippen LogP contribution < -0.4 is 4.74 Å². The van der Waals surface area contributed by atoms with Crippen LogP contribution in [0.4, 0.5) is 4.79 Å². The zero-order valence-corrected chi connectivity index (χ0v) is 13.5. The van der Waals surface area contributed by atoms with Gasteiger partial charge in [0.15, 0.2) is 0 Å². The lowest BCUT2D eigenvalue weighted by Gasteiger charge is -2.34. The van der Waals surface area contributed by atoms with E-state index in [1.54, 1.807) is 12.0 Å². The van der Waals surface area contributed by atoms with Crippen molar-refractivity contribution in [3.63, 3.8) is 0 Å². The number of hydrogen-bond donors (Lipinski definition) is 0. The molecular formula is C19H21NO3. The van der Waals surface area contributed by atoms with Crippen LogP contribution in [0, 0.1) is 0 Å². The van der Waals surface area contributed by atoms with E-state index >= 15 is 0 Å². The predicted molar refractivity (Wildman–Crippen MR) is 88.4 cm³/mol. The minimum atomic E-state index is -0.269. The van der Waals surface area contributed by atoms with Crippen molar-refractivity contribution in [2.45, 2.75) is 26.0 Å². The fourth-order valence-corrected chi connectivity index (χ4v) is 2.97. The summed E-state index contributed by atoms with van der Waals surface area (Å²) in [6.45, 7) is 3.00. The summed E-state index contributed by atoms with van der Waals surface area (Å²) in [5, 5.41) is 0. The first-order valence-electron chi connectivity index (χ1n) is 7.83. The van der Waals surface area contributed by atoms with Crippen molar-refractivity contribution >= 4 is 6.09 Å². The molecule has 1 aliphatic heterocycles. The number of rotatable bonds is 3. The largest absolute Gasteiger partial charge is 0.497 e. The molecule has 2 aromatic carbocycles. The second-order valence-electron chi connectivity index (χ2n) is 5.72. The second kappa shape index (κ2) is 6.73. The van der Waals surface area contributed by atoms with E-state index in [0.29, 0.717) is 13.2 Å². The Morgan fingerprint density at radius 1 is 1.22 bits per heavy atom. The fraction of sp³-hybridized carbons (Fsp3) is 0.316. The molecule has 4 nitrogen and oxygen atoms in total. The third kappa shape index (κ3) is 3.31. The van der Waals surface area contributed by atoms with E-state index in [1.165, 1.54) is 5.56 Å². The number of ether oxygens (including phenoxy) is 2. The minimum absolute atomic E-state index is 0.0166. The number of amides is 1. The molecule has 0 spiro atoms. The second-order valence-corrected chi connectivity index (χ2v) is 5.72. The first kappa shape index (κ1) is 15.4. The van der Waals surface area contributed by atoms with Gasteiger partial charge in [0.25, 0.3) is 0 Å². The Morgan fingerprint density at radius 2 is 2.00 bits per heavy atom. The molecular weight excluding hydrogens is 290 g/mol. The van der Waals surface area contributed by atoms with Crippen molar-refractivity contribution < 1.29 is 14.3 Å². The smallest absolute Gasteiger partial charge is 0.410 e. The molecule has 0 saturated heterocycles. The van der Waals surface area contributed by atoms with Gasteiger partial charge in [-0.25, -0.2) is 4.79 Å². The van der Waals surface area contributed by atoms with Crippen LogP contribution >= 0.6 is 0 Å². The average Bonchev–Trinajstić information content (AvgIpc) is 2.60. The van der Waals surface area contributed by atoms with Crippen LogP contribution in [0.1, 0.15) is 29.7 Å². The summed E-state index contributed by atoms with van der Waals surface area (Å²) in [6.07, 6.45) is 0.569. The lowest BCUT2D eigenvalue weighted by Crippen LogP contribution is -2.39. The van der Waals surface area contributed by atoms with Crippen LogP contribution in [-0.2, 0) is 17.8 Å². The van der Waals surface area contributed by atoms with E-state index < -0.39 is 0 Å². The highest BCUT2D eigenvalue weighted by molar-refractivity contribution is 5.69. The van der Waals surface area contributed by atoms with E-state index in [1.807, 2.05) is 49.4 Å². The normalized spacial score (nSPS) is 16.6. The van der Waals surface area contributed by atoms with Gasteiger partial charge in [0, 0.05) is 6.54 Å². The highest BCUT2D eigenvalue weighted by atomic mass is 16.6. The van der Waals surface area contributed by atoms with Gasteiger partial charge >= 0.3 is 6.09 Å². The maximum absolute atomic E-state index is 12.4. The molecule has 3 rings (SSSR count). The molecule has 1 atom stereocenters. The molecule has 0 radical (unpaired) electrons. The number of carbonyl (C=O) groups excluding carboxylic acids is 1. The Morgan fingerprint density at radius 3 is 2.74 bits per heavy atom. The molecule has 0 aromatic heterocycles. The number of hydrogen-bond acceptors (Lipinski definition) is 3. The Labute approximate surface area is 136 Å². The van der Waals surface area contributed by atoms with Gasteiger partial charge in [-0.3, -0.25) is 0 Å². The molecule has 0 fully saturated rings. The summed E-state index contributed by atoms with van der Waals surface area (Å²) >= 11 is 0. The maximum Gasteiger partial charge on any atom is 0.410 e. The van der Waals surface area contributed by atoms with Crippen LogP contribution in [0.5, 0.6) is 5.75 Å². The van der Waals surface area contributed by atoms with Crippen molar-refractivity contribution in [3.05, 3.63) is 65.2 Å². The van der Waals surface area contributed by atoms with Crippen LogP contribution in [0.25, 0.3) is 0 Å². The van der Waals surface area contributed by atoms with Gasteiger partial charge < -0.3 is 14.4 Å². The van der Waals surface area contributed by atoms with Gasteiger partial charge in [-0.05, 0) is 42.2 Å². The first-order chi connectivity index (χ1) is 11.2. The van der Waals surface area contributed by atoms with Crippen molar-refractivity contribution in [1.29, 1.82) is 0 Å². The van der Waals surface area contributed by atoms with Gasteiger partial charge in [-0.1, -0.05) is 36.4 Å². The van der Waals surface area contributed by atoms with Crippen molar-refractivity contribution in [2.75, 3.05) is 13.7 Å². The standard InChI is InChI=1S/C19H21NO3/c1-14-18-12-17(22-2)9-8-16(18)10-11-20(14)19(21)23-13-15-6-4-3-5-7-15/h3-9,12,14H,10-11,13H2,1-2H3. The molecule has 1 amide bonds. The molecule has 1 aliphatic rings. The monoisotopic (exact) mass is 311 g/mol. The Bertz CT molecular complexity index is 684. The summed E-state index contributed by atoms with van der Waals surface area (Å²) in [5.41, 5.74) is 3.39. The molecule has 4 heteroatoms. The highest BCUT2D eigenvalue weighted by Gasteiger charge is 2.28. The van der Waals surface area contributed by atoms with Crippen molar-refractivity contribution in [2.24, 2.45) is 0 Å². The van der Waals surface area contributed by atoms with Crippen LogP contribution in [-0.4, -0.2) is 24.6 Å². The van der Waals surface area contributed by atoms with E-state index in [4.69, 9.17) is 9.47 Å². The van der Waals surface area contributed by atoms with Crippen LogP contribution in [0.15, 0.2) is 48.5 Å². The zero-order chi connectivity index (χ0) is 16.2. The maximum atomic E-state index is 12.4. The van der Waals surface area contributed by atoms with Gasteiger partial charge in [0.05, 0.1) is 13.2 Å². The summed E-state index contributed by atoms with van der Waals surface area (Å²) < 4.78 is 10.8. The van der Waals surface area contributed by atoms with Gasteiger partial charge in [0.2, 0.25) is 0 Å². The lowest BCUT2D eigenvalue weighted by molar-refractivity contribution is 0.0803. The number of methoxy groups -OCH3 is 1. The van der Waals surface area contributed by atoms with E-state index in [9.17, 15) is 4.79 Å². The molecule has 0 saturated carbocycles. The molecule has 0 N–H and O–H groups in total. The number of fused-ring (bicyclic) bond motifs is 1. The third-order valence-corrected chi connectivity index (χ3v) is 4.33. The molecule has 2 aromatic rings. The van der Waals surface area contributed by atoms with Gasteiger partial charge in [-0.15, -0.1) is 0 Å². The Balaban J connectivity index is 1.69. The molecule has 120 valence electrons. The van der Waals surface area contributed by atoms with E-state index in [2.05, 4.69) is 6.07 Å². The number of benzene rings is 2. The zero-order valence-electron chi connectivity index (χ0n) is 13.5. The Hall–Kier alpha value is -2.49. The minimum Gasteiger partial charge on any atom is -0.497 e. The lowest BCUT2D eigenvalue weighted by atomic mass is 9.93. The number of carbonyl (C=O) groups is 1. The molecule has 0 bridgehead atoms. The van der Waals surface area contributed by atoms with Crippen LogP contribution in [0.3, 0.4) is 0 Å². The van der Waals surface area contributed by atoms with Crippen molar-refractivity contribution in [3.8, 4) is 5.75 Å². The molecule has 1 unspecified atom stereocenters. The summed E-state index contributed by atoms with van der Waals surface area (Å²) in [6, 6.07) is 15.8. The first-order valence-corrected chi connectivity index (χ1v) is 7.83. The fourth-order valence-electron chi connectivity index (χ4n) is 2.97. The quantitative estimate of drug-likeness (QED) is 0.861.